The fourth-order valence-corrected chi connectivity index (χ4v) is 0.832. The first-order valence-electron chi connectivity index (χ1n) is 3.62. The molecule has 0 bridgehead atoms. The summed E-state index contributed by atoms with van der Waals surface area (Å²) in [6.45, 7) is 1.12. The van der Waals surface area contributed by atoms with E-state index in [-0.39, 0.29) is 56.8 Å². The van der Waals surface area contributed by atoms with Gasteiger partial charge in [0.05, 0.1) is 0 Å². The van der Waals surface area contributed by atoms with Crippen molar-refractivity contribution in [3.63, 3.8) is 0 Å². The zero-order chi connectivity index (χ0) is 9.84. The van der Waals surface area contributed by atoms with Gasteiger partial charge in [0.25, 0.3) is 0 Å². The van der Waals surface area contributed by atoms with Crippen molar-refractivity contribution in [2.75, 3.05) is 0 Å². The number of phenolic OH excluding ortho intramolecular Hbond substituents is 1. The fourth-order valence-electron chi connectivity index (χ4n) is 0.832. The van der Waals surface area contributed by atoms with Crippen molar-refractivity contribution in [3.8, 4) is 5.75 Å². The molecule has 1 N–H and O–H groups in total. The molecule has 0 fully saturated rings. The van der Waals surface area contributed by atoms with Gasteiger partial charge in [0, 0.05) is 6.92 Å². The quantitative estimate of drug-likeness (QED) is 0.449. The van der Waals surface area contributed by atoms with Gasteiger partial charge < -0.3 is 9.84 Å². The normalized spacial score (nSPS) is 8.64. The van der Waals surface area contributed by atoms with Gasteiger partial charge in [0.1, 0.15) is 11.3 Å². The van der Waals surface area contributed by atoms with Gasteiger partial charge in [-0.2, -0.15) is 0 Å². The summed E-state index contributed by atoms with van der Waals surface area (Å²) in [4.78, 5) is 21.5. The summed E-state index contributed by atoms with van der Waals surface area (Å²) in [6.07, 6.45) is 0. The van der Waals surface area contributed by atoms with Gasteiger partial charge in [0.15, 0.2) is 0 Å². The predicted octanol–water partition coefficient (Wildman–Crippen LogP) is 0.179. The number of hydrogen-bond acceptors (Lipinski definition) is 4. The number of carbonyl (C=O) groups excluding carboxylic acids is 2. The molecule has 0 unspecified atom stereocenters. The van der Waals surface area contributed by atoms with E-state index in [2.05, 4.69) is 4.74 Å². The Balaban J connectivity index is 0.00000169. The van der Waals surface area contributed by atoms with E-state index in [9.17, 15) is 14.7 Å². The summed E-state index contributed by atoms with van der Waals surface area (Å²) in [5.41, 5.74) is -0.0160. The maximum absolute atomic E-state index is 11.1. The van der Waals surface area contributed by atoms with Crippen LogP contribution in [-0.2, 0) is 9.53 Å². The average molecular weight is 270 g/mol. The third-order valence-electron chi connectivity index (χ3n) is 1.36. The minimum atomic E-state index is -0.842. The summed E-state index contributed by atoms with van der Waals surface area (Å²) in [5, 5.41) is 9.18. The van der Waals surface area contributed by atoms with Crippen LogP contribution in [-0.4, -0.2) is 62.5 Å². The van der Waals surface area contributed by atoms with Crippen LogP contribution in [0.25, 0.3) is 0 Å². The van der Waals surface area contributed by atoms with E-state index in [1.807, 2.05) is 0 Å². The number of esters is 2. The minimum absolute atomic E-state index is 0. The molecule has 0 spiro atoms. The summed E-state index contributed by atoms with van der Waals surface area (Å²) in [5.74, 6) is -1.74. The molecular weight excluding hydrogens is 260 g/mol. The second-order valence-electron chi connectivity index (χ2n) is 2.40. The molecule has 72 valence electrons. The summed E-state index contributed by atoms with van der Waals surface area (Å²) in [6, 6.07) is 5.85. The molecule has 0 amide bonds. The molecule has 1 rings (SSSR count). The molecule has 1 aromatic rings. The Morgan fingerprint density at radius 3 is 2.36 bits per heavy atom. The van der Waals surface area contributed by atoms with Gasteiger partial charge in [-0.25, -0.2) is 4.79 Å². The van der Waals surface area contributed by atoms with Crippen LogP contribution < -0.4 is 0 Å². The Morgan fingerprint density at radius 1 is 1.29 bits per heavy atom. The van der Waals surface area contributed by atoms with Crippen LogP contribution >= 0.6 is 0 Å². The van der Waals surface area contributed by atoms with Crippen molar-refractivity contribution in [2.24, 2.45) is 0 Å². The van der Waals surface area contributed by atoms with Crippen molar-refractivity contribution in [1.29, 1.82) is 0 Å². The summed E-state index contributed by atoms with van der Waals surface area (Å²) < 4.78 is 4.28. The average Bonchev–Trinajstić information content (AvgIpc) is 2.03. The Kier molecular flexibility index (Phi) is 6.03. The molecule has 5 heteroatoms. The van der Waals surface area contributed by atoms with Gasteiger partial charge in [-0.05, 0) is 12.1 Å². The van der Waals surface area contributed by atoms with Crippen LogP contribution in [0.1, 0.15) is 17.3 Å². The fraction of sp³-hybridized carbons (Fsp3) is 0.111. The van der Waals surface area contributed by atoms with Gasteiger partial charge in [-0.1, -0.05) is 12.1 Å². The van der Waals surface area contributed by atoms with E-state index in [1.165, 1.54) is 12.1 Å². The topological polar surface area (TPSA) is 63.6 Å². The Hall–Kier alpha value is -0.359. The number of ether oxygens (including phenoxy) is 1. The van der Waals surface area contributed by atoms with Crippen molar-refractivity contribution in [1.82, 2.24) is 0 Å². The first-order valence-corrected chi connectivity index (χ1v) is 3.62. The second-order valence-corrected chi connectivity index (χ2v) is 2.40. The predicted molar refractivity (Wildman–Crippen MR) is 52.7 cm³/mol. The monoisotopic (exact) mass is 270 g/mol. The molecule has 0 aliphatic heterocycles. The molecule has 0 aromatic heterocycles. The molecule has 0 atom stereocenters. The molecule has 1 aromatic carbocycles. The van der Waals surface area contributed by atoms with E-state index in [1.54, 1.807) is 12.1 Å². The van der Waals surface area contributed by atoms with Gasteiger partial charge in [0.2, 0.25) is 0 Å². The third kappa shape index (κ3) is 3.79. The van der Waals surface area contributed by atoms with Crippen molar-refractivity contribution >= 4 is 57.4 Å². The zero-order valence-electron chi connectivity index (χ0n) is 6.98. The van der Waals surface area contributed by atoms with E-state index < -0.39 is 11.9 Å². The zero-order valence-corrected chi connectivity index (χ0v) is 6.98. The number of hydrogen-bond donors (Lipinski definition) is 1. The van der Waals surface area contributed by atoms with Gasteiger partial charge in [-0.3, -0.25) is 4.79 Å². The van der Waals surface area contributed by atoms with E-state index in [4.69, 9.17) is 0 Å². The van der Waals surface area contributed by atoms with Gasteiger partial charge in [-0.15, -0.1) is 0 Å². The first-order chi connectivity index (χ1) is 6.11. The second kappa shape index (κ2) is 6.19. The molecule has 0 aliphatic carbocycles. The molecule has 0 saturated heterocycles. The number of rotatable bonds is 1. The number of carbonyl (C=O) groups is 2. The standard InChI is InChI=1S/C9H8O4.Sr.2H/c1-6(10)13-9(12)7-4-2-3-5-8(7)11;;;/h2-5,11H,1H3;;;. The summed E-state index contributed by atoms with van der Waals surface area (Å²) >= 11 is 0. The maximum atomic E-state index is 11.1. The molecule has 0 radical (unpaired) electrons. The van der Waals surface area contributed by atoms with Crippen LogP contribution in [0.5, 0.6) is 5.75 Å². The molecule has 0 heterocycles. The van der Waals surface area contributed by atoms with Crippen LogP contribution in [0.4, 0.5) is 0 Å². The Morgan fingerprint density at radius 2 is 1.86 bits per heavy atom. The summed E-state index contributed by atoms with van der Waals surface area (Å²) in [7, 11) is 0. The van der Waals surface area contributed by atoms with Crippen LogP contribution in [0.2, 0.25) is 0 Å². The van der Waals surface area contributed by atoms with Crippen molar-refractivity contribution in [2.45, 2.75) is 6.92 Å². The molecule has 4 nitrogen and oxygen atoms in total. The van der Waals surface area contributed by atoms with Crippen LogP contribution in [0.3, 0.4) is 0 Å². The van der Waals surface area contributed by atoms with E-state index in [0.717, 1.165) is 6.92 Å². The SMILES string of the molecule is CC(=O)OC(=O)c1ccccc1O.[SrH2]. The first kappa shape index (κ1) is 13.6. The molecule has 0 saturated carbocycles. The number of benzene rings is 1. The third-order valence-corrected chi connectivity index (χ3v) is 1.36. The molecular formula is C9H10O4Sr. The van der Waals surface area contributed by atoms with Crippen molar-refractivity contribution < 1.29 is 19.4 Å². The van der Waals surface area contributed by atoms with Crippen LogP contribution in [0, 0.1) is 0 Å². The van der Waals surface area contributed by atoms with Gasteiger partial charge >= 0.3 is 57.4 Å². The molecule has 14 heavy (non-hydrogen) atoms. The Bertz CT molecular complexity index is 348. The number of aromatic hydroxyl groups is 1. The molecule has 0 aliphatic rings. The number of phenols is 1. The van der Waals surface area contributed by atoms with E-state index in [0.29, 0.717) is 0 Å². The Labute approximate surface area is 118 Å². The number of para-hydroxylation sites is 1. The van der Waals surface area contributed by atoms with E-state index >= 15 is 0 Å². The van der Waals surface area contributed by atoms with Crippen LogP contribution in [0.15, 0.2) is 24.3 Å². The van der Waals surface area contributed by atoms with Crippen molar-refractivity contribution in [3.05, 3.63) is 29.8 Å².